The van der Waals surface area contributed by atoms with Crippen molar-refractivity contribution in [3.05, 3.63) is 63.8 Å². The molecule has 2 N–H and O–H groups in total. The first-order valence-corrected chi connectivity index (χ1v) is 12.1. The van der Waals surface area contributed by atoms with Crippen LogP contribution in [0.2, 0.25) is 0 Å². The first-order chi connectivity index (χ1) is 18.5. The van der Waals surface area contributed by atoms with Gasteiger partial charge in [0.15, 0.2) is 23.0 Å². The molecule has 4 rings (SSSR count). The number of rotatable bonds is 8. The van der Waals surface area contributed by atoms with Gasteiger partial charge in [0.1, 0.15) is 17.4 Å². The van der Waals surface area contributed by atoms with Crippen LogP contribution in [0.4, 0.5) is 0 Å². The normalized spacial score (nSPS) is 17.8. The third kappa shape index (κ3) is 4.43. The maximum atomic E-state index is 10.1. The molecule has 2 aromatic rings. The molecule has 1 atom stereocenters. The zero-order chi connectivity index (χ0) is 27.4. The van der Waals surface area contributed by atoms with Crippen LogP contribution in [0.15, 0.2) is 52.6 Å². The average Bonchev–Trinajstić information content (AvgIpc) is 2.95. The van der Waals surface area contributed by atoms with E-state index in [2.05, 4.69) is 6.07 Å². The third-order valence-electron chi connectivity index (χ3n) is 6.82. The molecule has 0 unspecified atom stereocenters. The molecule has 0 bridgehead atoms. The minimum atomic E-state index is -0.477. The molecule has 200 valence electrons. The monoisotopic (exact) mass is 520 g/mol. The molecule has 0 amide bonds. The Labute approximate surface area is 222 Å². The van der Waals surface area contributed by atoms with Gasteiger partial charge in [-0.3, -0.25) is 0 Å². The lowest BCUT2D eigenvalue weighted by Gasteiger charge is -2.34. The molecule has 0 spiro atoms. The largest absolute Gasteiger partial charge is 0.493 e. The number of allylic oxidation sites excluding steroid dienone is 3. The summed E-state index contributed by atoms with van der Waals surface area (Å²) in [7, 11) is 9.40. The van der Waals surface area contributed by atoms with Crippen molar-refractivity contribution in [2.24, 2.45) is 5.73 Å². The van der Waals surface area contributed by atoms with E-state index >= 15 is 0 Å². The van der Waals surface area contributed by atoms with Crippen molar-refractivity contribution in [1.82, 2.24) is 0 Å². The maximum Gasteiger partial charge on any atom is 0.205 e. The van der Waals surface area contributed by atoms with Gasteiger partial charge in [-0.1, -0.05) is 6.07 Å². The number of nitriles is 1. The lowest BCUT2D eigenvalue weighted by molar-refractivity contribution is 0.275. The highest BCUT2D eigenvalue weighted by Gasteiger charge is 2.38. The summed E-state index contributed by atoms with van der Waals surface area (Å²) in [6.45, 7) is 0. The van der Waals surface area contributed by atoms with Crippen LogP contribution >= 0.6 is 0 Å². The summed E-state index contributed by atoms with van der Waals surface area (Å²) in [5.74, 6) is 3.27. The van der Waals surface area contributed by atoms with Gasteiger partial charge in [-0.25, -0.2) is 0 Å². The van der Waals surface area contributed by atoms with Gasteiger partial charge in [-0.2, -0.15) is 5.26 Å². The smallest absolute Gasteiger partial charge is 0.205 e. The molecule has 38 heavy (non-hydrogen) atoms. The molecule has 2 aromatic carbocycles. The Morgan fingerprint density at radius 2 is 1.42 bits per heavy atom. The summed E-state index contributed by atoms with van der Waals surface area (Å²) >= 11 is 0. The highest BCUT2D eigenvalue weighted by Crippen LogP contribution is 2.52. The van der Waals surface area contributed by atoms with E-state index in [9.17, 15) is 5.26 Å². The second-order valence-electron chi connectivity index (χ2n) is 8.65. The van der Waals surface area contributed by atoms with Crippen molar-refractivity contribution in [2.75, 3.05) is 42.7 Å². The van der Waals surface area contributed by atoms with Gasteiger partial charge in [-0.05, 0) is 54.7 Å². The Hall–Kier alpha value is -4.45. The van der Waals surface area contributed by atoms with Crippen molar-refractivity contribution < 1.29 is 33.2 Å². The van der Waals surface area contributed by atoms with E-state index in [4.69, 9.17) is 38.9 Å². The number of ether oxygens (including phenoxy) is 7. The van der Waals surface area contributed by atoms with E-state index < -0.39 is 5.92 Å². The standard InChI is InChI=1S/C29H32N2O7/c1-32-21-12-10-17(25(34-3)27(21)36-5)14-16-8-7-9-18-23(20(15-30)29(31)38-24(16)18)19-11-13-22(33-2)28(37-6)26(19)35-4/h10-14,23H,7-9,31H2,1-6H3/b16-14-/t23-/m0/s1. The minimum Gasteiger partial charge on any atom is -0.493 e. The van der Waals surface area contributed by atoms with Gasteiger partial charge in [0.25, 0.3) is 0 Å². The number of nitrogens with zero attached hydrogens (tertiary/aromatic N) is 1. The Morgan fingerprint density at radius 3 is 2.00 bits per heavy atom. The van der Waals surface area contributed by atoms with E-state index in [1.165, 1.54) is 0 Å². The fourth-order valence-electron chi connectivity index (χ4n) is 5.17. The van der Waals surface area contributed by atoms with Crippen molar-refractivity contribution in [3.63, 3.8) is 0 Å². The molecule has 2 aliphatic rings. The highest BCUT2D eigenvalue weighted by molar-refractivity contribution is 5.71. The molecule has 1 aliphatic carbocycles. The Bertz CT molecular complexity index is 1370. The van der Waals surface area contributed by atoms with Crippen LogP contribution in [0, 0.1) is 11.3 Å². The number of hydrogen-bond acceptors (Lipinski definition) is 9. The molecule has 1 heterocycles. The first kappa shape index (κ1) is 26.6. The van der Waals surface area contributed by atoms with Crippen molar-refractivity contribution in [1.29, 1.82) is 5.26 Å². The van der Waals surface area contributed by atoms with E-state index in [0.29, 0.717) is 45.8 Å². The lowest BCUT2D eigenvalue weighted by atomic mass is 9.76. The molecule has 9 nitrogen and oxygen atoms in total. The second-order valence-corrected chi connectivity index (χ2v) is 8.65. The minimum absolute atomic E-state index is 0.0557. The first-order valence-electron chi connectivity index (χ1n) is 12.1. The lowest BCUT2D eigenvalue weighted by Crippen LogP contribution is -2.24. The van der Waals surface area contributed by atoms with Crippen molar-refractivity contribution in [2.45, 2.75) is 25.2 Å². The van der Waals surface area contributed by atoms with E-state index in [-0.39, 0.29) is 5.88 Å². The summed E-state index contributed by atoms with van der Waals surface area (Å²) in [6.07, 6.45) is 4.33. The summed E-state index contributed by atoms with van der Waals surface area (Å²) in [5, 5.41) is 10.1. The molecular formula is C29H32N2O7. The van der Waals surface area contributed by atoms with Gasteiger partial charge in [0.05, 0.1) is 48.6 Å². The predicted octanol–water partition coefficient (Wildman–Crippen LogP) is 5.07. The molecular weight excluding hydrogens is 488 g/mol. The summed E-state index contributed by atoms with van der Waals surface area (Å²) in [5.41, 5.74) is 10.1. The van der Waals surface area contributed by atoms with Crippen LogP contribution in [-0.2, 0) is 4.74 Å². The van der Waals surface area contributed by atoms with E-state index in [1.807, 2.05) is 24.3 Å². The molecule has 0 fully saturated rings. The van der Waals surface area contributed by atoms with Gasteiger partial charge in [0, 0.05) is 11.1 Å². The number of benzene rings is 2. The van der Waals surface area contributed by atoms with Gasteiger partial charge in [-0.15, -0.1) is 0 Å². The van der Waals surface area contributed by atoms with Crippen LogP contribution in [0.25, 0.3) is 6.08 Å². The van der Waals surface area contributed by atoms with Crippen LogP contribution in [0.3, 0.4) is 0 Å². The van der Waals surface area contributed by atoms with Crippen LogP contribution in [0.5, 0.6) is 34.5 Å². The SMILES string of the molecule is COc1ccc(/C=C2/CCCC3=C2OC(N)=C(C#N)[C@@H]3c2ccc(OC)c(OC)c2OC)c(OC)c1OC. The highest BCUT2D eigenvalue weighted by atomic mass is 16.5. The Morgan fingerprint density at radius 1 is 0.816 bits per heavy atom. The third-order valence-corrected chi connectivity index (χ3v) is 6.82. The number of methoxy groups -OCH3 is 6. The zero-order valence-corrected chi connectivity index (χ0v) is 22.5. The fourth-order valence-corrected chi connectivity index (χ4v) is 5.17. The van der Waals surface area contributed by atoms with Crippen LogP contribution in [-0.4, -0.2) is 42.7 Å². The summed E-state index contributed by atoms with van der Waals surface area (Å²) in [4.78, 5) is 0. The molecule has 1 aliphatic heterocycles. The second kappa shape index (κ2) is 11.3. The zero-order valence-electron chi connectivity index (χ0n) is 22.5. The van der Waals surface area contributed by atoms with Crippen LogP contribution in [0.1, 0.15) is 36.3 Å². The Balaban J connectivity index is 1.92. The predicted molar refractivity (Wildman–Crippen MR) is 142 cm³/mol. The quantitative estimate of drug-likeness (QED) is 0.510. The van der Waals surface area contributed by atoms with Crippen molar-refractivity contribution >= 4 is 6.08 Å². The molecule has 0 radical (unpaired) electrons. The average molecular weight is 521 g/mol. The summed E-state index contributed by atoms with van der Waals surface area (Å²) < 4.78 is 39.6. The topological polar surface area (TPSA) is 114 Å². The molecule has 9 heteroatoms. The van der Waals surface area contributed by atoms with Gasteiger partial charge < -0.3 is 38.9 Å². The molecule has 0 saturated carbocycles. The van der Waals surface area contributed by atoms with Crippen molar-refractivity contribution in [3.8, 4) is 40.6 Å². The van der Waals surface area contributed by atoms with Gasteiger partial charge >= 0.3 is 0 Å². The van der Waals surface area contributed by atoms with E-state index in [1.54, 1.807) is 48.7 Å². The number of nitrogens with two attached hydrogens (primary N) is 1. The van der Waals surface area contributed by atoms with Gasteiger partial charge in [0.2, 0.25) is 17.4 Å². The molecule has 0 saturated heterocycles. The maximum absolute atomic E-state index is 10.1. The summed E-state index contributed by atoms with van der Waals surface area (Å²) in [6, 6.07) is 9.66. The van der Waals surface area contributed by atoms with Crippen LogP contribution < -0.4 is 34.2 Å². The fraction of sp³-hybridized carbons (Fsp3) is 0.345. The molecule has 0 aromatic heterocycles. The Kier molecular flexibility index (Phi) is 7.91. The number of hydrogen-bond donors (Lipinski definition) is 1. The van der Waals surface area contributed by atoms with E-state index in [0.717, 1.165) is 41.5 Å².